The fourth-order valence-corrected chi connectivity index (χ4v) is 2.46. The summed E-state index contributed by atoms with van der Waals surface area (Å²) in [6.07, 6.45) is 2.64. The molecule has 0 saturated carbocycles. The van der Waals surface area contributed by atoms with Crippen molar-refractivity contribution >= 4 is 23.5 Å². The molecule has 30 heavy (non-hydrogen) atoms. The number of aromatic hydroxyl groups is 1. The number of carbonyl (C=O) groups excluding carboxylic acids is 1. The summed E-state index contributed by atoms with van der Waals surface area (Å²) < 4.78 is 1.48. The molecular weight excluding hydrogens is 396 g/mol. The Morgan fingerprint density at radius 2 is 1.77 bits per heavy atom. The molecule has 12 heteroatoms. The van der Waals surface area contributed by atoms with Crippen molar-refractivity contribution in [2.75, 3.05) is 0 Å². The van der Waals surface area contributed by atoms with E-state index < -0.39 is 15.8 Å². The van der Waals surface area contributed by atoms with Gasteiger partial charge in [0.2, 0.25) is 0 Å². The van der Waals surface area contributed by atoms with Crippen molar-refractivity contribution in [2.45, 2.75) is 6.54 Å². The van der Waals surface area contributed by atoms with Gasteiger partial charge in [-0.1, -0.05) is 12.1 Å². The number of phenolic OH excluding ortho intramolecular Hbond substituents is 1. The van der Waals surface area contributed by atoms with Gasteiger partial charge >= 0.3 is 0 Å². The van der Waals surface area contributed by atoms with Crippen LogP contribution in [-0.4, -0.2) is 36.9 Å². The van der Waals surface area contributed by atoms with Crippen molar-refractivity contribution in [3.63, 3.8) is 0 Å². The largest absolute Gasteiger partial charge is 0.507 e. The number of nitro groups is 2. The van der Waals surface area contributed by atoms with E-state index in [1.54, 1.807) is 18.3 Å². The maximum atomic E-state index is 12.1. The zero-order chi connectivity index (χ0) is 21.7. The van der Waals surface area contributed by atoms with Gasteiger partial charge in [0.05, 0.1) is 22.6 Å². The molecule has 0 bridgehead atoms. The van der Waals surface area contributed by atoms with Crippen LogP contribution in [0.2, 0.25) is 0 Å². The number of rotatable bonds is 7. The van der Waals surface area contributed by atoms with Crippen LogP contribution in [0.25, 0.3) is 0 Å². The highest BCUT2D eigenvalue weighted by Gasteiger charge is 2.11. The van der Waals surface area contributed by atoms with Crippen LogP contribution < -0.4 is 5.43 Å². The Hall–Kier alpha value is -4.61. The van der Waals surface area contributed by atoms with Gasteiger partial charge in [-0.05, 0) is 17.7 Å². The molecule has 1 heterocycles. The van der Waals surface area contributed by atoms with Crippen molar-refractivity contribution in [2.24, 2.45) is 5.10 Å². The minimum absolute atomic E-state index is 0.0214. The van der Waals surface area contributed by atoms with E-state index in [0.29, 0.717) is 6.54 Å². The number of carbonyl (C=O) groups is 1. The molecule has 0 aliphatic carbocycles. The second kappa shape index (κ2) is 8.60. The van der Waals surface area contributed by atoms with Gasteiger partial charge < -0.3 is 5.11 Å². The molecule has 0 atom stereocenters. The van der Waals surface area contributed by atoms with Gasteiger partial charge in [-0.2, -0.15) is 10.2 Å². The standard InChI is InChI=1S/C18H14N6O6/c25-17-6-5-15(24(29)30)9-13(17)10-19-20-18(26)16-7-8-22(21-16)11-12-1-3-14(4-2-12)23(27)28/h1-10,25H,11H2,(H,20,26)/b19-10+. The third kappa shape index (κ3) is 4.81. The van der Waals surface area contributed by atoms with Crippen molar-refractivity contribution in [3.8, 4) is 5.75 Å². The Kier molecular flexibility index (Phi) is 5.77. The average molecular weight is 410 g/mol. The molecule has 12 nitrogen and oxygen atoms in total. The Bertz CT molecular complexity index is 1140. The van der Waals surface area contributed by atoms with Crippen LogP contribution in [-0.2, 0) is 6.54 Å². The number of aromatic nitrogens is 2. The Morgan fingerprint density at radius 1 is 1.10 bits per heavy atom. The van der Waals surface area contributed by atoms with Crippen LogP contribution >= 0.6 is 0 Å². The molecule has 0 aliphatic rings. The topological polar surface area (TPSA) is 166 Å². The average Bonchev–Trinajstić information content (AvgIpc) is 3.18. The Morgan fingerprint density at radius 3 is 2.43 bits per heavy atom. The van der Waals surface area contributed by atoms with Crippen LogP contribution in [0.4, 0.5) is 11.4 Å². The molecule has 2 aromatic carbocycles. The highest BCUT2D eigenvalue weighted by atomic mass is 16.6. The van der Waals surface area contributed by atoms with Crippen LogP contribution in [0.5, 0.6) is 5.75 Å². The second-order valence-electron chi connectivity index (χ2n) is 6.02. The summed E-state index contributed by atoms with van der Waals surface area (Å²) in [5.41, 5.74) is 2.86. The molecule has 0 radical (unpaired) electrons. The molecule has 0 fully saturated rings. The molecule has 2 N–H and O–H groups in total. The van der Waals surface area contributed by atoms with E-state index in [1.807, 2.05) is 0 Å². The Balaban J connectivity index is 1.62. The summed E-state index contributed by atoms with van der Waals surface area (Å²) in [4.78, 5) is 32.5. The van der Waals surface area contributed by atoms with E-state index in [1.165, 1.54) is 22.9 Å². The van der Waals surface area contributed by atoms with E-state index in [-0.39, 0.29) is 28.4 Å². The minimum Gasteiger partial charge on any atom is -0.507 e. The predicted octanol–water partition coefficient (Wildman–Crippen LogP) is 2.22. The molecule has 3 aromatic rings. The van der Waals surface area contributed by atoms with Crippen molar-refractivity contribution in [3.05, 3.63) is 91.8 Å². The number of hydrogen-bond acceptors (Lipinski definition) is 8. The van der Waals surface area contributed by atoms with E-state index in [2.05, 4.69) is 15.6 Å². The number of benzene rings is 2. The van der Waals surface area contributed by atoms with Crippen LogP contribution in [0.15, 0.2) is 59.8 Å². The minimum atomic E-state index is -0.626. The van der Waals surface area contributed by atoms with Gasteiger partial charge in [-0.25, -0.2) is 5.43 Å². The van der Waals surface area contributed by atoms with E-state index >= 15 is 0 Å². The van der Waals surface area contributed by atoms with Crippen molar-refractivity contribution in [1.82, 2.24) is 15.2 Å². The third-order valence-electron chi connectivity index (χ3n) is 3.96. The first-order valence-electron chi connectivity index (χ1n) is 8.41. The quantitative estimate of drug-likeness (QED) is 0.342. The van der Waals surface area contributed by atoms with Crippen LogP contribution in [0.1, 0.15) is 21.6 Å². The number of hydrogen-bond donors (Lipinski definition) is 2. The predicted molar refractivity (Wildman–Crippen MR) is 104 cm³/mol. The molecule has 3 rings (SSSR count). The first-order valence-corrected chi connectivity index (χ1v) is 8.41. The molecule has 1 amide bonds. The van der Waals surface area contributed by atoms with Gasteiger partial charge in [0.15, 0.2) is 5.69 Å². The van der Waals surface area contributed by atoms with Crippen LogP contribution in [0, 0.1) is 20.2 Å². The summed E-state index contributed by atoms with van der Waals surface area (Å²) in [7, 11) is 0. The molecular formula is C18H14N6O6. The first kappa shape index (κ1) is 20.1. The fourth-order valence-electron chi connectivity index (χ4n) is 2.46. The number of non-ortho nitro benzene ring substituents is 2. The lowest BCUT2D eigenvalue weighted by Gasteiger charge is -2.02. The number of nitrogens with zero attached hydrogens (tertiary/aromatic N) is 5. The van der Waals surface area contributed by atoms with Gasteiger partial charge in [-0.15, -0.1) is 0 Å². The third-order valence-corrected chi connectivity index (χ3v) is 3.96. The van der Waals surface area contributed by atoms with E-state index in [0.717, 1.165) is 30.0 Å². The van der Waals surface area contributed by atoms with Gasteiger partial charge in [0.1, 0.15) is 5.75 Å². The number of nitrogens with one attached hydrogen (secondary N) is 1. The zero-order valence-electron chi connectivity index (χ0n) is 15.2. The first-order chi connectivity index (χ1) is 14.3. The van der Waals surface area contributed by atoms with E-state index in [4.69, 9.17) is 0 Å². The summed E-state index contributed by atoms with van der Waals surface area (Å²) in [5, 5.41) is 39.0. The number of nitro benzene ring substituents is 2. The van der Waals surface area contributed by atoms with Gasteiger partial charge in [-0.3, -0.25) is 29.7 Å². The second-order valence-corrected chi connectivity index (χ2v) is 6.02. The lowest BCUT2D eigenvalue weighted by Crippen LogP contribution is -2.18. The summed E-state index contributed by atoms with van der Waals surface area (Å²) in [6, 6.07) is 10.8. The molecule has 0 aliphatic heterocycles. The fraction of sp³-hybridized carbons (Fsp3) is 0.0556. The molecule has 0 saturated heterocycles. The highest BCUT2D eigenvalue weighted by Crippen LogP contribution is 2.21. The molecule has 1 aromatic heterocycles. The lowest BCUT2D eigenvalue weighted by molar-refractivity contribution is -0.385. The van der Waals surface area contributed by atoms with Crippen molar-refractivity contribution < 1.29 is 19.7 Å². The zero-order valence-corrected chi connectivity index (χ0v) is 15.2. The smallest absolute Gasteiger partial charge is 0.291 e. The SMILES string of the molecule is O=C(N/N=C/c1cc([N+](=O)[O-])ccc1O)c1ccn(Cc2ccc([N+](=O)[O-])cc2)n1. The Labute approximate surface area is 168 Å². The van der Waals surface area contributed by atoms with E-state index in [9.17, 15) is 30.1 Å². The number of phenols is 1. The number of hydrazone groups is 1. The normalized spacial score (nSPS) is 10.8. The maximum absolute atomic E-state index is 12.1. The summed E-state index contributed by atoms with van der Waals surface area (Å²) in [5.74, 6) is -0.857. The maximum Gasteiger partial charge on any atom is 0.291 e. The van der Waals surface area contributed by atoms with Crippen LogP contribution in [0.3, 0.4) is 0 Å². The van der Waals surface area contributed by atoms with Gasteiger partial charge in [0.25, 0.3) is 17.3 Å². The number of amides is 1. The summed E-state index contributed by atoms with van der Waals surface area (Å²) in [6.45, 7) is 0.302. The highest BCUT2D eigenvalue weighted by molar-refractivity contribution is 5.93. The lowest BCUT2D eigenvalue weighted by atomic mass is 10.2. The molecule has 0 unspecified atom stereocenters. The van der Waals surface area contributed by atoms with Gasteiger partial charge in [0, 0.05) is 36.0 Å². The molecule has 152 valence electrons. The monoisotopic (exact) mass is 410 g/mol. The summed E-state index contributed by atoms with van der Waals surface area (Å²) >= 11 is 0. The molecule has 0 spiro atoms. The van der Waals surface area contributed by atoms with Crippen molar-refractivity contribution in [1.29, 1.82) is 0 Å².